The molecule has 2 atom stereocenters. The fourth-order valence-corrected chi connectivity index (χ4v) is 3.97. The molecule has 160 valence electrons. The highest BCUT2D eigenvalue weighted by Gasteiger charge is 2.31. The number of nitrogens with one attached hydrogen (secondary N) is 3. The van der Waals surface area contributed by atoms with Gasteiger partial charge in [-0.15, -0.1) is 0 Å². The molecule has 0 bridgehead atoms. The average molecular weight is 422 g/mol. The second kappa shape index (κ2) is 9.14. The molecule has 0 radical (unpaired) electrons. The van der Waals surface area contributed by atoms with Crippen LogP contribution in [0.1, 0.15) is 28.5 Å². The molecule has 1 aliphatic rings. The maximum absolute atomic E-state index is 13.7. The molecule has 2 heterocycles. The summed E-state index contributed by atoms with van der Waals surface area (Å²) in [5, 5.41) is 5.15. The summed E-state index contributed by atoms with van der Waals surface area (Å²) < 4.78 is 19.3. The van der Waals surface area contributed by atoms with E-state index in [9.17, 15) is 14.0 Å². The molecule has 6 nitrogen and oxygen atoms in total. The lowest BCUT2D eigenvalue weighted by Crippen LogP contribution is -3.12. The van der Waals surface area contributed by atoms with Gasteiger partial charge in [-0.05, 0) is 42.3 Å². The van der Waals surface area contributed by atoms with Gasteiger partial charge in [0, 0.05) is 17.7 Å². The molecule has 3 aromatic rings. The number of aryl methyl sites for hydroxylation is 1. The smallest absolute Gasteiger partial charge is 0.313 e. The van der Waals surface area contributed by atoms with E-state index in [0.29, 0.717) is 5.56 Å². The maximum Gasteiger partial charge on any atom is 0.313 e. The van der Waals surface area contributed by atoms with Crippen molar-refractivity contribution in [2.45, 2.75) is 25.9 Å². The molecule has 7 heteroatoms. The van der Waals surface area contributed by atoms with Crippen molar-refractivity contribution in [2.75, 3.05) is 18.4 Å². The van der Waals surface area contributed by atoms with Gasteiger partial charge in [-0.1, -0.05) is 30.3 Å². The van der Waals surface area contributed by atoms with Gasteiger partial charge in [0.05, 0.1) is 19.4 Å². The number of rotatable bonds is 5. The molecule has 0 aliphatic carbocycles. The Morgan fingerprint density at radius 2 is 1.90 bits per heavy atom. The summed E-state index contributed by atoms with van der Waals surface area (Å²) in [6, 6.07) is 16.2. The molecule has 0 fully saturated rings. The molecule has 0 saturated carbocycles. The van der Waals surface area contributed by atoms with E-state index in [1.165, 1.54) is 22.1 Å². The molecule has 0 saturated heterocycles. The van der Waals surface area contributed by atoms with E-state index in [2.05, 4.69) is 22.8 Å². The Balaban J connectivity index is 1.41. The Morgan fingerprint density at radius 1 is 1.10 bits per heavy atom. The van der Waals surface area contributed by atoms with Gasteiger partial charge in [-0.25, -0.2) is 4.39 Å². The van der Waals surface area contributed by atoms with Crippen LogP contribution in [0.2, 0.25) is 0 Å². The highest BCUT2D eigenvalue weighted by Crippen LogP contribution is 2.16. The topological polar surface area (TPSA) is 75.8 Å². The first-order valence-corrected chi connectivity index (χ1v) is 10.3. The van der Waals surface area contributed by atoms with Crippen LogP contribution >= 0.6 is 0 Å². The van der Waals surface area contributed by atoms with Crippen molar-refractivity contribution >= 4 is 17.5 Å². The zero-order chi connectivity index (χ0) is 21.8. The summed E-state index contributed by atoms with van der Waals surface area (Å²) in [4.78, 5) is 25.9. The highest BCUT2D eigenvalue weighted by molar-refractivity contribution is 6.39. The second-order valence-corrected chi connectivity index (χ2v) is 7.80. The third-order valence-electron chi connectivity index (χ3n) is 5.73. The molecule has 4 rings (SSSR count). The van der Waals surface area contributed by atoms with Crippen LogP contribution in [-0.4, -0.2) is 24.9 Å². The SMILES string of the molecule is Cc1ccc(NC(=O)C(=O)NC[C@@H](c2ccco2)[NH+]2CCc3ccccc3C2)cc1F. The predicted molar refractivity (Wildman–Crippen MR) is 114 cm³/mol. The van der Waals surface area contributed by atoms with Crippen LogP contribution in [-0.2, 0) is 22.6 Å². The number of benzene rings is 2. The number of halogens is 1. The molecular formula is C24H25FN3O3+. The van der Waals surface area contributed by atoms with E-state index >= 15 is 0 Å². The number of amides is 2. The van der Waals surface area contributed by atoms with Crippen molar-refractivity contribution in [1.82, 2.24) is 5.32 Å². The quantitative estimate of drug-likeness (QED) is 0.552. The summed E-state index contributed by atoms with van der Waals surface area (Å²) >= 11 is 0. The van der Waals surface area contributed by atoms with E-state index in [1.807, 2.05) is 24.3 Å². The van der Waals surface area contributed by atoms with Crippen molar-refractivity contribution < 1.29 is 23.3 Å². The van der Waals surface area contributed by atoms with Gasteiger partial charge in [0.25, 0.3) is 0 Å². The third-order valence-corrected chi connectivity index (χ3v) is 5.73. The number of hydrogen-bond acceptors (Lipinski definition) is 3. The largest absolute Gasteiger partial charge is 0.463 e. The monoisotopic (exact) mass is 422 g/mol. The van der Waals surface area contributed by atoms with Crippen molar-refractivity contribution in [3.05, 3.63) is 89.1 Å². The third kappa shape index (κ3) is 4.83. The lowest BCUT2D eigenvalue weighted by atomic mass is 9.98. The number of anilines is 1. The summed E-state index contributed by atoms with van der Waals surface area (Å²) in [7, 11) is 0. The molecule has 3 N–H and O–H groups in total. The lowest BCUT2D eigenvalue weighted by Gasteiger charge is -2.31. The summed E-state index contributed by atoms with van der Waals surface area (Å²) in [6.45, 7) is 3.59. The minimum atomic E-state index is -0.833. The number of furan rings is 1. The van der Waals surface area contributed by atoms with Crippen LogP contribution in [0.25, 0.3) is 0 Å². The fourth-order valence-electron chi connectivity index (χ4n) is 3.97. The normalized spacial score (nSPS) is 16.3. The van der Waals surface area contributed by atoms with Crippen LogP contribution in [0.5, 0.6) is 0 Å². The minimum absolute atomic E-state index is 0.128. The van der Waals surface area contributed by atoms with Crippen LogP contribution in [0.15, 0.2) is 65.3 Å². The summed E-state index contributed by atoms with van der Waals surface area (Å²) in [5.41, 5.74) is 3.34. The first-order valence-electron chi connectivity index (χ1n) is 10.3. The van der Waals surface area contributed by atoms with Crippen molar-refractivity contribution in [2.24, 2.45) is 0 Å². The van der Waals surface area contributed by atoms with Crippen LogP contribution < -0.4 is 15.5 Å². The average Bonchev–Trinajstić information content (AvgIpc) is 3.31. The van der Waals surface area contributed by atoms with Gasteiger partial charge < -0.3 is 20.0 Å². The zero-order valence-electron chi connectivity index (χ0n) is 17.3. The molecule has 2 aromatic carbocycles. The van der Waals surface area contributed by atoms with Gasteiger partial charge in [0.2, 0.25) is 0 Å². The molecule has 31 heavy (non-hydrogen) atoms. The summed E-state index contributed by atoms with van der Waals surface area (Å²) in [6.07, 6.45) is 2.55. The van der Waals surface area contributed by atoms with E-state index in [1.54, 1.807) is 25.3 Å². The number of carbonyl (C=O) groups excluding carboxylic acids is 2. The lowest BCUT2D eigenvalue weighted by molar-refractivity contribution is -0.946. The molecular weight excluding hydrogens is 397 g/mol. The van der Waals surface area contributed by atoms with Crippen LogP contribution in [0.3, 0.4) is 0 Å². The molecule has 2 amide bonds. The van der Waals surface area contributed by atoms with Gasteiger partial charge in [0.1, 0.15) is 12.4 Å². The second-order valence-electron chi connectivity index (χ2n) is 7.80. The number of carbonyl (C=O) groups is 2. The van der Waals surface area contributed by atoms with Crippen molar-refractivity contribution in [3.63, 3.8) is 0 Å². The predicted octanol–water partition coefficient (Wildman–Crippen LogP) is 2.16. The van der Waals surface area contributed by atoms with E-state index in [0.717, 1.165) is 25.3 Å². The number of hydrogen-bond donors (Lipinski definition) is 3. The Labute approximate surface area is 180 Å². The minimum Gasteiger partial charge on any atom is -0.463 e. The van der Waals surface area contributed by atoms with Gasteiger partial charge in [-0.2, -0.15) is 0 Å². The molecule has 0 spiro atoms. The molecule has 1 unspecified atom stereocenters. The maximum atomic E-state index is 13.7. The van der Waals surface area contributed by atoms with Gasteiger partial charge in [0.15, 0.2) is 11.8 Å². The highest BCUT2D eigenvalue weighted by atomic mass is 19.1. The van der Waals surface area contributed by atoms with Crippen LogP contribution in [0, 0.1) is 12.7 Å². The zero-order valence-corrected chi connectivity index (χ0v) is 17.3. The Hall–Kier alpha value is -3.45. The molecule has 1 aromatic heterocycles. The van der Waals surface area contributed by atoms with Gasteiger partial charge in [-0.3, -0.25) is 9.59 Å². The number of quaternary nitrogens is 1. The molecule has 1 aliphatic heterocycles. The Kier molecular flexibility index (Phi) is 6.13. The van der Waals surface area contributed by atoms with Crippen LogP contribution in [0.4, 0.5) is 10.1 Å². The first kappa shape index (κ1) is 20.8. The van der Waals surface area contributed by atoms with E-state index < -0.39 is 17.6 Å². The van der Waals surface area contributed by atoms with Crippen molar-refractivity contribution in [1.29, 1.82) is 0 Å². The Morgan fingerprint density at radius 3 is 2.65 bits per heavy atom. The van der Waals surface area contributed by atoms with Gasteiger partial charge >= 0.3 is 11.8 Å². The standard InChI is InChI=1S/C24H24FN3O3/c1-16-8-9-19(13-20(16)25)27-24(30)23(29)26-14-21(22-7-4-12-31-22)28-11-10-17-5-2-3-6-18(17)15-28/h2-9,12-13,21H,10-11,14-15H2,1H3,(H,26,29)(H,27,30)/p+1/t21-/m0/s1. The summed E-state index contributed by atoms with van der Waals surface area (Å²) in [5.74, 6) is -1.28. The van der Waals surface area contributed by atoms with E-state index in [4.69, 9.17) is 4.42 Å². The number of fused-ring (bicyclic) bond motifs is 1. The van der Waals surface area contributed by atoms with Crippen molar-refractivity contribution in [3.8, 4) is 0 Å². The first-order chi connectivity index (χ1) is 15.0. The fraction of sp³-hybridized carbons (Fsp3) is 0.250. The van der Waals surface area contributed by atoms with E-state index in [-0.39, 0.29) is 18.3 Å². The Bertz CT molecular complexity index is 1080.